The zero-order chi connectivity index (χ0) is 26.2. The normalized spacial score (nSPS) is 21.8. The van der Waals surface area contributed by atoms with E-state index < -0.39 is 11.6 Å². The lowest BCUT2D eigenvalue weighted by Gasteiger charge is -2.48. The Bertz CT molecular complexity index is 1140. The molecule has 0 bridgehead atoms. The van der Waals surface area contributed by atoms with Gasteiger partial charge in [-0.05, 0) is 75.0 Å². The second-order valence-corrected chi connectivity index (χ2v) is 10.4. The summed E-state index contributed by atoms with van der Waals surface area (Å²) in [5, 5.41) is 0. The highest BCUT2D eigenvalue weighted by Gasteiger charge is 2.46. The molecule has 2 aliphatic rings. The minimum absolute atomic E-state index is 0.288. The van der Waals surface area contributed by atoms with E-state index in [0.717, 1.165) is 16.7 Å². The first-order valence-corrected chi connectivity index (χ1v) is 12.2. The number of likely N-dealkylation sites (N-methyl/N-ethyl adjacent to an activating group) is 1. The maximum atomic E-state index is 13.5. The molecule has 8 nitrogen and oxygen atoms in total. The molecular formula is C28H36N2O6. The summed E-state index contributed by atoms with van der Waals surface area (Å²) >= 11 is 0. The molecule has 8 heteroatoms. The van der Waals surface area contributed by atoms with Crippen molar-refractivity contribution in [3.8, 4) is 11.5 Å². The minimum Gasteiger partial charge on any atom is -0.493 e. The summed E-state index contributed by atoms with van der Waals surface area (Å²) < 4.78 is 22.2. The fraction of sp³-hybridized carbons (Fsp3) is 0.500. The highest BCUT2D eigenvalue weighted by atomic mass is 16.6. The van der Waals surface area contributed by atoms with Crippen LogP contribution in [0.3, 0.4) is 0 Å². The van der Waals surface area contributed by atoms with Gasteiger partial charge in [0.1, 0.15) is 11.6 Å². The molecule has 0 saturated carbocycles. The standard InChI is InChI=1S/C28H36N2O6/c1-28(2,3)36-27(32)30-16-18-11-9-8-10-17(18)12-21(30)25-20-15-24(34-6)23(33-5)14-19(20)13-22(29(25)4)26(31)35-7/h8-11,14-15,21-22,25H,12-13,16H2,1-7H3/t21-,22-,25+/m0/s1. The monoisotopic (exact) mass is 496 g/mol. The van der Waals surface area contributed by atoms with Crippen LogP contribution in [-0.2, 0) is 33.7 Å². The second kappa shape index (κ2) is 10.0. The number of hydrogen-bond acceptors (Lipinski definition) is 7. The van der Waals surface area contributed by atoms with E-state index in [-0.39, 0.29) is 24.1 Å². The van der Waals surface area contributed by atoms with Gasteiger partial charge in [0.15, 0.2) is 11.5 Å². The molecule has 194 valence electrons. The van der Waals surface area contributed by atoms with Crippen molar-refractivity contribution >= 4 is 12.1 Å². The predicted molar refractivity (Wildman–Crippen MR) is 135 cm³/mol. The first-order valence-electron chi connectivity index (χ1n) is 12.2. The smallest absolute Gasteiger partial charge is 0.410 e. The number of ether oxygens (including phenoxy) is 4. The van der Waals surface area contributed by atoms with Crippen molar-refractivity contribution in [2.24, 2.45) is 0 Å². The van der Waals surface area contributed by atoms with Gasteiger partial charge in [0, 0.05) is 6.54 Å². The van der Waals surface area contributed by atoms with Crippen LogP contribution in [0.2, 0.25) is 0 Å². The van der Waals surface area contributed by atoms with E-state index in [9.17, 15) is 9.59 Å². The number of rotatable bonds is 4. The predicted octanol–water partition coefficient (Wildman–Crippen LogP) is 4.14. The number of benzene rings is 2. The Labute approximate surface area is 213 Å². The molecule has 2 heterocycles. The molecule has 0 N–H and O–H groups in total. The highest BCUT2D eigenvalue weighted by molar-refractivity contribution is 5.77. The molecule has 0 radical (unpaired) electrons. The van der Waals surface area contributed by atoms with Gasteiger partial charge in [0.25, 0.3) is 0 Å². The van der Waals surface area contributed by atoms with Gasteiger partial charge < -0.3 is 18.9 Å². The quantitative estimate of drug-likeness (QED) is 0.589. The zero-order valence-electron chi connectivity index (χ0n) is 22.2. The first-order chi connectivity index (χ1) is 17.1. The van der Waals surface area contributed by atoms with E-state index in [4.69, 9.17) is 18.9 Å². The number of esters is 1. The van der Waals surface area contributed by atoms with Crippen LogP contribution in [0.15, 0.2) is 36.4 Å². The van der Waals surface area contributed by atoms with Crippen molar-refractivity contribution in [1.29, 1.82) is 0 Å². The number of nitrogens with zero attached hydrogens (tertiary/aromatic N) is 2. The van der Waals surface area contributed by atoms with Crippen molar-refractivity contribution in [3.63, 3.8) is 0 Å². The summed E-state index contributed by atoms with van der Waals surface area (Å²) in [6.45, 7) is 6.02. The van der Waals surface area contributed by atoms with Crippen LogP contribution < -0.4 is 9.47 Å². The van der Waals surface area contributed by atoms with Gasteiger partial charge in [0.2, 0.25) is 0 Å². The molecule has 36 heavy (non-hydrogen) atoms. The van der Waals surface area contributed by atoms with Crippen LogP contribution in [0.25, 0.3) is 0 Å². The van der Waals surface area contributed by atoms with Gasteiger partial charge >= 0.3 is 12.1 Å². The molecule has 0 aromatic heterocycles. The average Bonchev–Trinajstić information content (AvgIpc) is 2.85. The summed E-state index contributed by atoms with van der Waals surface area (Å²) in [6, 6.07) is 10.9. The maximum Gasteiger partial charge on any atom is 0.410 e. The topological polar surface area (TPSA) is 77.5 Å². The van der Waals surface area contributed by atoms with Crippen molar-refractivity contribution in [2.75, 3.05) is 28.4 Å². The summed E-state index contributed by atoms with van der Waals surface area (Å²) in [5.74, 6) is 0.885. The first kappa shape index (κ1) is 25.8. The number of hydrogen-bond donors (Lipinski definition) is 0. The van der Waals surface area contributed by atoms with Gasteiger partial charge in [-0.1, -0.05) is 24.3 Å². The minimum atomic E-state index is -0.639. The molecule has 0 aliphatic carbocycles. The lowest BCUT2D eigenvalue weighted by Crippen LogP contribution is -2.57. The van der Waals surface area contributed by atoms with E-state index in [2.05, 4.69) is 6.07 Å². The molecule has 0 spiro atoms. The average molecular weight is 497 g/mol. The Hall–Kier alpha value is -3.26. The Morgan fingerprint density at radius 3 is 2.17 bits per heavy atom. The van der Waals surface area contributed by atoms with Gasteiger partial charge in [-0.25, -0.2) is 4.79 Å². The van der Waals surface area contributed by atoms with Crippen LogP contribution in [0.5, 0.6) is 11.5 Å². The summed E-state index contributed by atoms with van der Waals surface area (Å²) in [6.07, 6.45) is 0.703. The Balaban J connectivity index is 1.87. The van der Waals surface area contributed by atoms with E-state index in [1.54, 1.807) is 19.1 Å². The molecule has 0 saturated heterocycles. The Kier molecular flexibility index (Phi) is 7.18. The zero-order valence-corrected chi connectivity index (χ0v) is 22.2. The molecule has 1 amide bonds. The largest absolute Gasteiger partial charge is 0.493 e. The van der Waals surface area contributed by atoms with Gasteiger partial charge in [-0.15, -0.1) is 0 Å². The highest BCUT2D eigenvalue weighted by Crippen LogP contribution is 2.44. The SMILES string of the molecule is COC(=O)[C@@H]1Cc2cc(OC)c(OC)cc2[C@H]([C@@H]2Cc3ccccc3CN2C(=O)OC(C)(C)C)N1C. The summed E-state index contributed by atoms with van der Waals surface area (Å²) in [7, 11) is 6.52. The number of amides is 1. The molecule has 2 aromatic rings. The van der Waals surface area contributed by atoms with Crippen molar-refractivity contribution < 1.29 is 28.5 Å². The molecule has 2 aliphatic heterocycles. The second-order valence-electron chi connectivity index (χ2n) is 10.4. The van der Waals surface area contributed by atoms with Crippen LogP contribution in [0.1, 0.15) is 49.1 Å². The summed E-state index contributed by atoms with van der Waals surface area (Å²) in [5.41, 5.74) is 3.59. The van der Waals surface area contributed by atoms with Crippen LogP contribution in [0, 0.1) is 0 Å². The Morgan fingerprint density at radius 2 is 1.56 bits per heavy atom. The fourth-order valence-corrected chi connectivity index (χ4v) is 5.37. The molecule has 4 rings (SSSR count). The number of methoxy groups -OCH3 is 3. The number of fused-ring (bicyclic) bond motifs is 2. The van der Waals surface area contributed by atoms with E-state index in [1.807, 2.05) is 63.1 Å². The van der Waals surface area contributed by atoms with Gasteiger partial charge in [-0.2, -0.15) is 0 Å². The molecule has 0 unspecified atom stereocenters. The van der Waals surface area contributed by atoms with E-state index in [0.29, 0.717) is 30.9 Å². The van der Waals surface area contributed by atoms with Gasteiger partial charge in [-0.3, -0.25) is 14.6 Å². The van der Waals surface area contributed by atoms with Crippen molar-refractivity contribution in [3.05, 3.63) is 58.7 Å². The van der Waals surface area contributed by atoms with E-state index in [1.165, 1.54) is 12.7 Å². The fourth-order valence-electron chi connectivity index (χ4n) is 5.37. The lowest BCUT2D eigenvalue weighted by atomic mass is 9.80. The molecule has 3 atom stereocenters. The molecule has 0 fully saturated rings. The molecular weight excluding hydrogens is 460 g/mol. The third-order valence-corrected chi connectivity index (χ3v) is 7.06. The molecule has 2 aromatic carbocycles. The number of carbonyl (C=O) groups excluding carboxylic acids is 2. The number of carbonyl (C=O) groups is 2. The summed E-state index contributed by atoms with van der Waals surface area (Å²) in [4.78, 5) is 30.2. The third-order valence-electron chi connectivity index (χ3n) is 7.06. The van der Waals surface area contributed by atoms with E-state index >= 15 is 0 Å². The lowest BCUT2D eigenvalue weighted by molar-refractivity contribution is -0.148. The van der Waals surface area contributed by atoms with Crippen LogP contribution >= 0.6 is 0 Å². The van der Waals surface area contributed by atoms with Crippen molar-refractivity contribution in [1.82, 2.24) is 9.80 Å². The van der Waals surface area contributed by atoms with Crippen molar-refractivity contribution in [2.45, 2.75) is 63.9 Å². The van der Waals surface area contributed by atoms with Crippen LogP contribution in [-0.4, -0.2) is 67.9 Å². The van der Waals surface area contributed by atoms with Crippen LogP contribution in [0.4, 0.5) is 4.79 Å². The Morgan fingerprint density at radius 1 is 0.917 bits per heavy atom. The third kappa shape index (κ3) is 4.87. The van der Waals surface area contributed by atoms with Gasteiger partial charge in [0.05, 0.1) is 33.4 Å². The maximum absolute atomic E-state index is 13.5.